The molecule has 0 aromatic heterocycles. The number of benzene rings is 1. The van der Waals surface area contributed by atoms with Crippen molar-refractivity contribution in [3.05, 3.63) is 35.4 Å². The van der Waals surface area contributed by atoms with E-state index in [9.17, 15) is 0 Å². The van der Waals surface area contributed by atoms with E-state index in [1.807, 2.05) is 0 Å². The van der Waals surface area contributed by atoms with Crippen LogP contribution in [0.5, 0.6) is 0 Å². The van der Waals surface area contributed by atoms with Crippen molar-refractivity contribution in [2.45, 2.75) is 52.0 Å². The first-order valence-corrected chi connectivity index (χ1v) is 6.82. The highest BCUT2D eigenvalue weighted by Gasteiger charge is 2.34. The fourth-order valence-corrected chi connectivity index (χ4v) is 3.66. The Hall–Kier alpha value is -0.820. The molecule has 1 fully saturated rings. The first kappa shape index (κ1) is 12.6. The maximum absolute atomic E-state index is 6.64. The molecule has 0 bridgehead atoms. The monoisotopic (exact) mass is 231 g/mol. The number of nitrogens with two attached hydrogens (primary N) is 1. The van der Waals surface area contributed by atoms with Crippen LogP contribution in [0.25, 0.3) is 0 Å². The van der Waals surface area contributed by atoms with Crippen LogP contribution in [0.1, 0.15) is 44.2 Å². The summed E-state index contributed by atoms with van der Waals surface area (Å²) < 4.78 is 0. The fourth-order valence-electron chi connectivity index (χ4n) is 3.66. The van der Waals surface area contributed by atoms with Gasteiger partial charge < -0.3 is 5.73 Å². The first-order valence-electron chi connectivity index (χ1n) is 6.82. The molecule has 0 heterocycles. The van der Waals surface area contributed by atoms with Gasteiger partial charge in [0.05, 0.1) is 0 Å². The molecule has 17 heavy (non-hydrogen) atoms. The highest BCUT2D eigenvalue weighted by molar-refractivity contribution is 5.27. The third kappa shape index (κ3) is 3.10. The average molecular weight is 231 g/mol. The Morgan fingerprint density at radius 1 is 1.18 bits per heavy atom. The van der Waals surface area contributed by atoms with Crippen LogP contribution in [0.2, 0.25) is 0 Å². The summed E-state index contributed by atoms with van der Waals surface area (Å²) in [4.78, 5) is 0. The molecule has 2 unspecified atom stereocenters. The fraction of sp³-hybridized carbons (Fsp3) is 0.625. The third-order valence-corrected chi connectivity index (χ3v) is 4.12. The van der Waals surface area contributed by atoms with Gasteiger partial charge in [0, 0.05) is 5.54 Å². The summed E-state index contributed by atoms with van der Waals surface area (Å²) in [5, 5.41) is 0. The van der Waals surface area contributed by atoms with Gasteiger partial charge in [-0.3, -0.25) is 0 Å². The van der Waals surface area contributed by atoms with Crippen LogP contribution in [0.4, 0.5) is 0 Å². The molecule has 2 atom stereocenters. The van der Waals surface area contributed by atoms with Crippen molar-refractivity contribution in [2.75, 3.05) is 0 Å². The molecule has 1 heteroatoms. The summed E-state index contributed by atoms with van der Waals surface area (Å²) in [6.07, 6.45) is 4.72. The van der Waals surface area contributed by atoms with E-state index in [-0.39, 0.29) is 5.54 Å². The van der Waals surface area contributed by atoms with Crippen molar-refractivity contribution in [3.8, 4) is 0 Å². The van der Waals surface area contributed by atoms with Crippen molar-refractivity contribution in [2.24, 2.45) is 17.6 Å². The molecule has 2 rings (SSSR count). The van der Waals surface area contributed by atoms with Crippen LogP contribution < -0.4 is 5.73 Å². The molecule has 2 N–H and O–H groups in total. The van der Waals surface area contributed by atoms with Crippen molar-refractivity contribution in [3.63, 3.8) is 0 Å². The molecule has 0 amide bonds. The zero-order chi connectivity index (χ0) is 12.5. The lowest BCUT2D eigenvalue weighted by atomic mass is 9.69. The zero-order valence-corrected chi connectivity index (χ0v) is 11.4. The molecule has 94 valence electrons. The third-order valence-electron chi connectivity index (χ3n) is 4.12. The molecule has 0 radical (unpaired) electrons. The van der Waals surface area contributed by atoms with E-state index >= 15 is 0 Å². The summed E-state index contributed by atoms with van der Waals surface area (Å²) in [5.41, 5.74) is 9.46. The number of aryl methyl sites for hydroxylation is 1. The Balaban J connectivity index is 2.14. The predicted octanol–water partition coefficient (Wildman–Crippen LogP) is 3.69. The molecule has 1 aliphatic carbocycles. The quantitative estimate of drug-likeness (QED) is 0.825. The Kier molecular flexibility index (Phi) is 3.58. The average Bonchev–Trinajstić information content (AvgIpc) is 2.19. The lowest BCUT2D eigenvalue weighted by molar-refractivity contribution is 0.182. The van der Waals surface area contributed by atoms with Crippen LogP contribution in [0.15, 0.2) is 24.3 Å². The van der Waals surface area contributed by atoms with E-state index in [0.29, 0.717) is 0 Å². The Labute approximate surface area is 105 Å². The maximum atomic E-state index is 6.64. The first-order chi connectivity index (χ1) is 7.98. The maximum Gasteiger partial charge on any atom is 0.0200 e. The minimum Gasteiger partial charge on any atom is -0.325 e. The van der Waals surface area contributed by atoms with Crippen molar-refractivity contribution in [1.82, 2.24) is 0 Å². The molecule has 1 nitrogen and oxygen atoms in total. The van der Waals surface area contributed by atoms with Crippen LogP contribution in [0.3, 0.4) is 0 Å². The Morgan fingerprint density at radius 3 is 2.35 bits per heavy atom. The number of hydrogen-bond donors (Lipinski definition) is 1. The minimum atomic E-state index is 0.0171. The van der Waals surface area contributed by atoms with Crippen LogP contribution >= 0.6 is 0 Å². The van der Waals surface area contributed by atoms with Gasteiger partial charge in [-0.25, -0.2) is 0 Å². The number of hydrogen-bond acceptors (Lipinski definition) is 1. The molecular formula is C16H25N. The normalized spacial score (nSPS) is 33.6. The smallest absolute Gasteiger partial charge is 0.0200 e. The van der Waals surface area contributed by atoms with Crippen LogP contribution in [-0.4, -0.2) is 5.54 Å². The molecular weight excluding hydrogens is 206 g/mol. The summed E-state index contributed by atoms with van der Waals surface area (Å²) in [6, 6.07) is 8.65. The van der Waals surface area contributed by atoms with E-state index in [2.05, 4.69) is 45.0 Å². The minimum absolute atomic E-state index is 0.0171. The summed E-state index contributed by atoms with van der Waals surface area (Å²) in [7, 11) is 0. The lowest BCUT2D eigenvalue weighted by Gasteiger charge is -2.40. The molecule has 0 spiro atoms. The molecule has 1 aromatic rings. The zero-order valence-electron chi connectivity index (χ0n) is 11.4. The van der Waals surface area contributed by atoms with Gasteiger partial charge in [-0.2, -0.15) is 0 Å². The van der Waals surface area contributed by atoms with E-state index < -0.39 is 0 Å². The van der Waals surface area contributed by atoms with Crippen molar-refractivity contribution in [1.29, 1.82) is 0 Å². The van der Waals surface area contributed by atoms with Crippen molar-refractivity contribution < 1.29 is 0 Å². The second-order valence-corrected chi connectivity index (χ2v) is 6.32. The van der Waals surface area contributed by atoms with Gasteiger partial charge in [0.1, 0.15) is 0 Å². The van der Waals surface area contributed by atoms with E-state index in [0.717, 1.165) is 18.3 Å². The van der Waals surface area contributed by atoms with Gasteiger partial charge in [-0.05, 0) is 55.6 Å². The van der Waals surface area contributed by atoms with E-state index in [4.69, 9.17) is 5.73 Å². The predicted molar refractivity (Wildman–Crippen MR) is 74.0 cm³/mol. The lowest BCUT2D eigenvalue weighted by Crippen LogP contribution is -2.48. The highest BCUT2D eigenvalue weighted by atomic mass is 14.8. The molecule has 0 aliphatic heterocycles. The van der Waals surface area contributed by atoms with Gasteiger partial charge in [-0.15, -0.1) is 0 Å². The van der Waals surface area contributed by atoms with Crippen molar-refractivity contribution >= 4 is 0 Å². The van der Waals surface area contributed by atoms with Gasteiger partial charge in [0.25, 0.3) is 0 Å². The summed E-state index contributed by atoms with van der Waals surface area (Å²) >= 11 is 0. The van der Waals surface area contributed by atoms with E-state index in [1.165, 1.54) is 30.4 Å². The van der Waals surface area contributed by atoms with Crippen LogP contribution in [-0.2, 0) is 6.42 Å². The van der Waals surface area contributed by atoms with Gasteiger partial charge in [0.2, 0.25) is 0 Å². The largest absolute Gasteiger partial charge is 0.325 e. The molecule has 0 saturated heterocycles. The highest BCUT2D eigenvalue weighted by Crippen LogP contribution is 2.36. The second kappa shape index (κ2) is 4.81. The van der Waals surface area contributed by atoms with Gasteiger partial charge in [0.15, 0.2) is 0 Å². The van der Waals surface area contributed by atoms with E-state index in [1.54, 1.807) is 0 Å². The molecule has 1 aromatic carbocycles. The topological polar surface area (TPSA) is 26.0 Å². The molecule has 1 saturated carbocycles. The van der Waals surface area contributed by atoms with Gasteiger partial charge in [-0.1, -0.05) is 38.1 Å². The second-order valence-electron chi connectivity index (χ2n) is 6.32. The van der Waals surface area contributed by atoms with Crippen LogP contribution in [0, 0.1) is 18.8 Å². The Bertz CT molecular complexity index is 373. The SMILES string of the molecule is Cc1ccccc1CC1(N)CC(C)CC(C)C1. The molecule has 1 aliphatic rings. The van der Waals surface area contributed by atoms with Gasteiger partial charge >= 0.3 is 0 Å². The number of rotatable bonds is 2. The summed E-state index contributed by atoms with van der Waals surface area (Å²) in [5.74, 6) is 1.54. The standard InChI is InChI=1S/C16H25N/c1-12-8-13(2)10-16(17,9-12)11-15-7-5-4-6-14(15)3/h4-7,12-13H,8-11,17H2,1-3H3. The Morgan fingerprint density at radius 2 is 1.76 bits per heavy atom. The summed E-state index contributed by atoms with van der Waals surface area (Å²) in [6.45, 7) is 6.87.